The Kier molecular flexibility index (Phi) is 6.18. The number of nitrogens with zero attached hydrogens (tertiary/aromatic N) is 1. The topological polar surface area (TPSA) is 49.4 Å². The first-order valence-corrected chi connectivity index (χ1v) is 10.1. The SMILES string of the molecule is CCCC(=O)N1CCC(Cc2ccccc2-c2cccc(C)c2)(C(=O)NC)C1. The molecule has 0 saturated carbocycles. The van der Waals surface area contributed by atoms with Crippen LogP contribution in [0.2, 0.25) is 0 Å². The summed E-state index contributed by atoms with van der Waals surface area (Å²) in [6.45, 7) is 5.25. The molecule has 1 N–H and O–H groups in total. The molecular formula is C24H30N2O2. The number of hydrogen-bond acceptors (Lipinski definition) is 2. The molecule has 1 saturated heterocycles. The van der Waals surface area contributed by atoms with Gasteiger partial charge in [0.2, 0.25) is 11.8 Å². The van der Waals surface area contributed by atoms with E-state index in [2.05, 4.69) is 48.6 Å². The van der Waals surface area contributed by atoms with Crippen LogP contribution < -0.4 is 5.32 Å². The van der Waals surface area contributed by atoms with Crippen molar-refractivity contribution in [3.63, 3.8) is 0 Å². The van der Waals surface area contributed by atoms with Crippen LogP contribution in [0.25, 0.3) is 11.1 Å². The fraction of sp³-hybridized carbons (Fsp3) is 0.417. The Labute approximate surface area is 167 Å². The first kappa shape index (κ1) is 20.1. The second-order valence-electron chi connectivity index (χ2n) is 7.88. The van der Waals surface area contributed by atoms with Crippen molar-refractivity contribution < 1.29 is 9.59 Å². The van der Waals surface area contributed by atoms with Crippen LogP contribution in [-0.2, 0) is 16.0 Å². The Hall–Kier alpha value is -2.62. The van der Waals surface area contributed by atoms with Crippen molar-refractivity contribution in [2.24, 2.45) is 5.41 Å². The Morgan fingerprint density at radius 2 is 1.93 bits per heavy atom. The fourth-order valence-electron chi connectivity index (χ4n) is 4.27. The predicted molar refractivity (Wildman–Crippen MR) is 113 cm³/mol. The van der Waals surface area contributed by atoms with E-state index in [0.717, 1.165) is 17.5 Å². The number of benzene rings is 2. The van der Waals surface area contributed by atoms with Gasteiger partial charge in [0.15, 0.2) is 0 Å². The summed E-state index contributed by atoms with van der Waals surface area (Å²) in [4.78, 5) is 27.2. The van der Waals surface area contributed by atoms with Gasteiger partial charge in [-0.25, -0.2) is 0 Å². The van der Waals surface area contributed by atoms with Gasteiger partial charge in [0.25, 0.3) is 0 Å². The minimum atomic E-state index is -0.571. The molecule has 3 rings (SSSR count). The summed E-state index contributed by atoms with van der Waals surface area (Å²) in [5.74, 6) is 0.179. The van der Waals surface area contributed by atoms with E-state index in [9.17, 15) is 9.59 Å². The van der Waals surface area contributed by atoms with Gasteiger partial charge < -0.3 is 10.2 Å². The molecule has 0 aliphatic carbocycles. The summed E-state index contributed by atoms with van der Waals surface area (Å²) in [7, 11) is 1.69. The van der Waals surface area contributed by atoms with Crippen molar-refractivity contribution in [2.45, 2.75) is 39.5 Å². The molecule has 1 aliphatic rings. The van der Waals surface area contributed by atoms with E-state index in [4.69, 9.17) is 0 Å². The van der Waals surface area contributed by atoms with Gasteiger partial charge in [-0.05, 0) is 42.9 Å². The summed E-state index contributed by atoms with van der Waals surface area (Å²) >= 11 is 0. The average Bonchev–Trinajstić information content (AvgIpc) is 3.13. The summed E-state index contributed by atoms with van der Waals surface area (Å²) in [6.07, 6.45) is 2.71. The monoisotopic (exact) mass is 378 g/mol. The molecule has 1 atom stereocenters. The van der Waals surface area contributed by atoms with Gasteiger partial charge in [0.1, 0.15) is 0 Å². The Balaban J connectivity index is 1.94. The number of likely N-dealkylation sites (tertiary alicyclic amines) is 1. The lowest BCUT2D eigenvalue weighted by atomic mass is 9.78. The molecule has 1 fully saturated rings. The highest BCUT2D eigenvalue weighted by atomic mass is 16.2. The maximum Gasteiger partial charge on any atom is 0.228 e. The molecule has 4 nitrogen and oxygen atoms in total. The van der Waals surface area contributed by atoms with E-state index in [1.165, 1.54) is 11.1 Å². The van der Waals surface area contributed by atoms with Crippen molar-refractivity contribution in [2.75, 3.05) is 20.1 Å². The van der Waals surface area contributed by atoms with Gasteiger partial charge in [-0.15, -0.1) is 0 Å². The summed E-state index contributed by atoms with van der Waals surface area (Å²) in [6, 6.07) is 16.8. The van der Waals surface area contributed by atoms with Crippen LogP contribution in [0.3, 0.4) is 0 Å². The zero-order chi connectivity index (χ0) is 20.1. The zero-order valence-electron chi connectivity index (χ0n) is 17.1. The van der Waals surface area contributed by atoms with Crippen LogP contribution in [-0.4, -0.2) is 36.9 Å². The first-order chi connectivity index (χ1) is 13.5. The maximum absolute atomic E-state index is 12.9. The number of carbonyl (C=O) groups excluding carboxylic acids is 2. The van der Waals surface area contributed by atoms with Crippen LogP contribution in [0.5, 0.6) is 0 Å². The molecule has 28 heavy (non-hydrogen) atoms. The Bertz CT molecular complexity index is 861. The standard InChI is InChI=1S/C24H30N2O2/c1-4-8-22(27)26-14-13-24(17-26,23(28)25-3)16-20-10-5-6-12-21(20)19-11-7-9-18(2)15-19/h5-7,9-12,15H,4,8,13-14,16-17H2,1-3H3,(H,25,28). The summed E-state index contributed by atoms with van der Waals surface area (Å²) in [5, 5.41) is 2.85. The quantitative estimate of drug-likeness (QED) is 0.827. The maximum atomic E-state index is 12.9. The fourth-order valence-corrected chi connectivity index (χ4v) is 4.27. The van der Waals surface area contributed by atoms with E-state index < -0.39 is 5.41 Å². The van der Waals surface area contributed by atoms with Crippen molar-refractivity contribution in [1.29, 1.82) is 0 Å². The number of nitrogens with one attached hydrogen (secondary N) is 1. The molecule has 0 spiro atoms. The van der Waals surface area contributed by atoms with Crippen LogP contribution >= 0.6 is 0 Å². The zero-order valence-corrected chi connectivity index (χ0v) is 17.1. The lowest BCUT2D eigenvalue weighted by Gasteiger charge is -2.28. The Morgan fingerprint density at radius 3 is 2.64 bits per heavy atom. The average molecular weight is 379 g/mol. The van der Waals surface area contributed by atoms with Crippen molar-refractivity contribution in [3.05, 3.63) is 59.7 Å². The molecular weight excluding hydrogens is 348 g/mol. The molecule has 2 amide bonds. The third kappa shape index (κ3) is 4.11. The molecule has 1 heterocycles. The van der Waals surface area contributed by atoms with E-state index in [1.807, 2.05) is 24.0 Å². The lowest BCUT2D eigenvalue weighted by molar-refractivity contribution is -0.133. The summed E-state index contributed by atoms with van der Waals surface area (Å²) in [5.41, 5.74) is 4.12. The van der Waals surface area contributed by atoms with Gasteiger partial charge in [0, 0.05) is 26.6 Å². The van der Waals surface area contributed by atoms with Gasteiger partial charge >= 0.3 is 0 Å². The number of rotatable bonds is 6. The first-order valence-electron chi connectivity index (χ1n) is 10.1. The van der Waals surface area contributed by atoms with Crippen molar-refractivity contribution in [1.82, 2.24) is 10.2 Å². The van der Waals surface area contributed by atoms with Gasteiger partial charge in [0.05, 0.1) is 5.41 Å². The highest BCUT2D eigenvalue weighted by Gasteiger charge is 2.45. The van der Waals surface area contributed by atoms with Crippen LogP contribution in [0.4, 0.5) is 0 Å². The highest BCUT2D eigenvalue weighted by Crippen LogP contribution is 2.38. The smallest absolute Gasteiger partial charge is 0.228 e. The van der Waals surface area contributed by atoms with E-state index >= 15 is 0 Å². The molecule has 1 unspecified atom stereocenters. The molecule has 0 radical (unpaired) electrons. The molecule has 0 aromatic heterocycles. The molecule has 148 valence electrons. The normalized spacial score (nSPS) is 18.9. The largest absolute Gasteiger partial charge is 0.359 e. The second kappa shape index (κ2) is 8.59. The minimum Gasteiger partial charge on any atom is -0.359 e. The lowest BCUT2D eigenvalue weighted by Crippen LogP contribution is -2.44. The van der Waals surface area contributed by atoms with Gasteiger partial charge in [-0.2, -0.15) is 0 Å². The van der Waals surface area contributed by atoms with Crippen molar-refractivity contribution >= 4 is 11.8 Å². The highest BCUT2D eigenvalue weighted by molar-refractivity contribution is 5.86. The minimum absolute atomic E-state index is 0.0262. The van der Waals surface area contributed by atoms with Crippen LogP contribution in [0.15, 0.2) is 48.5 Å². The number of carbonyl (C=O) groups is 2. The molecule has 2 aromatic carbocycles. The third-order valence-electron chi connectivity index (χ3n) is 5.75. The van der Waals surface area contributed by atoms with E-state index in [-0.39, 0.29) is 11.8 Å². The van der Waals surface area contributed by atoms with Crippen molar-refractivity contribution in [3.8, 4) is 11.1 Å². The number of hydrogen-bond donors (Lipinski definition) is 1. The second-order valence-corrected chi connectivity index (χ2v) is 7.88. The third-order valence-corrected chi connectivity index (χ3v) is 5.75. The Morgan fingerprint density at radius 1 is 1.14 bits per heavy atom. The van der Waals surface area contributed by atoms with Gasteiger partial charge in [-0.1, -0.05) is 61.0 Å². The summed E-state index contributed by atoms with van der Waals surface area (Å²) < 4.78 is 0. The van der Waals surface area contributed by atoms with Crippen LogP contribution in [0.1, 0.15) is 37.3 Å². The predicted octanol–water partition coefficient (Wildman–Crippen LogP) is 3.97. The number of aryl methyl sites for hydroxylation is 1. The molecule has 1 aliphatic heterocycles. The van der Waals surface area contributed by atoms with E-state index in [0.29, 0.717) is 32.4 Å². The number of amides is 2. The van der Waals surface area contributed by atoms with Crippen LogP contribution in [0, 0.1) is 12.3 Å². The van der Waals surface area contributed by atoms with Gasteiger partial charge in [-0.3, -0.25) is 9.59 Å². The molecule has 2 aromatic rings. The van der Waals surface area contributed by atoms with E-state index in [1.54, 1.807) is 7.05 Å². The molecule has 4 heteroatoms. The molecule has 0 bridgehead atoms.